The maximum absolute atomic E-state index is 12.7. The van der Waals surface area contributed by atoms with Gasteiger partial charge in [-0.25, -0.2) is 4.68 Å². The SMILES string of the molecule is O=C(Nc1ccc(-n2cnnn2)cc1)C1CCN(Cc2cc3ccccc3s2)CC1. The number of benzene rings is 2. The molecule has 0 aliphatic carbocycles. The average Bonchev–Trinajstić information content (AvgIpc) is 3.44. The average molecular weight is 419 g/mol. The monoisotopic (exact) mass is 418 g/mol. The third-order valence-corrected chi connectivity index (χ3v) is 6.66. The van der Waals surface area contributed by atoms with E-state index in [4.69, 9.17) is 0 Å². The second-order valence-electron chi connectivity index (χ2n) is 7.59. The van der Waals surface area contributed by atoms with E-state index < -0.39 is 0 Å². The Kier molecular flexibility index (Phi) is 5.25. The van der Waals surface area contributed by atoms with Crippen molar-refractivity contribution in [2.75, 3.05) is 18.4 Å². The summed E-state index contributed by atoms with van der Waals surface area (Å²) in [5.41, 5.74) is 1.65. The van der Waals surface area contributed by atoms with Gasteiger partial charge in [-0.05, 0) is 78.1 Å². The van der Waals surface area contributed by atoms with Crippen LogP contribution >= 0.6 is 11.3 Å². The fraction of sp³-hybridized carbons (Fsp3) is 0.273. The quantitative estimate of drug-likeness (QED) is 0.534. The number of amides is 1. The van der Waals surface area contributed by atoms with Crippen LogP contribution in [0, 0.1) is 5.92 Å². The summed E-state index contributed by atoms with van der Waals surface area (Å²) in [7, 11) is 0. The van der Waals surface area contributed by atoms with Gasteiger partial charge in [0.05, 0.1) is 5.69 Å². The Labute approximate surface area is 178 Å². The molecule has 7 nitrogen and oxygen atoms in total. The van der Waals surface area contributed by atoms with Crippen LogP contribution in [0.15, 0.2) is 60.9 Å². The van der Waals surface area contributed by atoms with Gasteiger partial charge in [0.2, 0.25) is 5.91 Å². The summed E-state index contributed by atoms with van der Waals surface area (Å²) in [6, 6.07) is 18.3. The minimum absolute atomic E-state index is 0.0582. The lowest BCUT2D eigenvalue weighted by Crippen LogP contribution is -2.37. The molecule has 1 aliphatic heterocycles. The number of hydrogen-bond acceptors (Lipinski definition) is 6. The van der Waals surface area contributed by atoms with E-state index in [-0.39, 0.29) is 11.8 Å². The molecule has 4 aromatic rings. The van der Waals surface area contributed by atoms with E-state index in [1.54, 1.807) is 11.0 Å². The molecule has 3 heterocycles. The van der Waals surface area contributed by atoms with Gasteiger partial charge in [0.25, 0.3) is 0 Å². The lowest BCUT2D eigenvalue weighted by molar-refractivity contribution is -0.121. The third-order valence-electron chi connectivity index (χ3n) is 5.56. The Morgan fingerprint density at radius 1 is 1.10 bits per heavy atom. The van der Waals surface area contributed by atoms with Gasteiger partial charge in [0.1, 0.15) is 6.33 Å². The Balaban J connectivity index is 1.14. The number of nitrogens with zero attached hydrogens (tertiary/aromatic N) is 5. The van der Waals surface area contributed by atoms with Crippen LogP contribution in [0.5, 0.6) is 0 Å². The zero-order chi connectivity index (χ0) is 20.3. The fourth-order valence-electron chi connectivity index (χ4n) is 3.91. The van der Waals surface area contributed by atoms with Crippen molar-refractivity contribution in [2.24, 2.45) is 5.92 Å². The molecule has 0 bridgehead atoms. The molecule has 1 aliphatic rings. The third kappa shape index (κ3) is 4.10. The number of carbonyl (C=O) groups excluding carboxylic acids is 1. The van der Waals surface area contributed by atoms with E-state index in [9.17, 15) is 4.79 Å². The molecule has 1 saturated heterocycles. The number of aromatic nitrogens is 4. The summed E-state index contributed by atoms with van der Waals surface area (Å²) >= 11 is 1.86. The molecule has 0 radical (unpaired) electrons. The van der Waals surface area contributed by atoms with Crippen LogP contribution < -0.4 is 5.32 Å². The highest BCUT2D eigenvalue weighted by Crippen LogP contribution is 2.28. The molecule has 2 aromatic carbocycles. The number of anilines is 1. The normalized spacial score (nSPS) is 15.5. The second-order valence-corrected chi connectivity index (χ2v) is 8.76. The lowest BCUT2D eigenvalue weighted by atomic mass is 9.95. The summed E-state index contributed by atoms with van der Waals surface area (Å²) in [6.07, 6.45) is 3.32. The summed E-state index contributed by atoms with van der Waals surface area (Å²) in [4.78, 5) is 16.5. The van der Waals surface area contributed by atoms with Gasteiger partial charge in [0, 0.05) is 27.7 Å². The minimum Gasteiger partial charge on any atom is -0.326 e. The van der Waals surface area contributed by atoms with Gasteiger partial charge in [0.15, 0.2) is 0 Å². The Hall–Kier alpha value is -3.10. The molecule has 1 fully saturated rings. The van der Waals surface area contributed by atoms with E-state index in [0.29, 0.717) is 0 Å². The summed E-state index contributed by atoms with van der Waals surface area (Å²) in [5, 5.41) is 15.5. The molecule has 0 atom stereocenters. The molecule has 0 unspecified atom stereocenters. The van der Waals surface area contributed by atoms with Gasteiger partial charge in [-0.2, -0.15) is 0 Å². The van der Waals surface area contributed by atoms with Gasteiger partial charge in [-0.3, -0.25) is 9.69 Å². The minimum atomic E-state index is 0.0582. The van der Waals surface area contributed by atoms with Crippen molar-refractivity contribution in [1.82, 2.24) is 25.1 Å². The van der Waals surface area contributed by atoms with Crippen LogP contribution in [0.2, 0.25) is 0 Å². The van der Waals surface area contributed by atoms with Crippen molar-refractivity contribution >= 4 is 33.0 Å². The summed E-state index contributed by atoms with van der Waals surface area (Å²) in [5.74, 6) is 0.162. The van der Waals surface area contributed by atoms with E-state index in [1.807, 2.05) is 35.6 Å². The van der Waals surface area contributed by atoms with Gasteiger partial charge in [-0.15, -0.1) is 16.4 Å². The first kappa shape index (κ1) is 18.9. The van der Waals surface area contributed by atoms with Crippen LogP contribution in [0.25, 0.3) is 15.8 Å². The van der Waals surface area contributed by atoms with Crippen molar-refractivity contribution in [1.29, 1.82) is 0 Å². The number of tetrazole rings is 1. The molecule has 30 heavy (non-hydrogen) atoms. The maximum Gasteiger partial charge on any atom is 0.227 e. The molecular formula is C22H22N6OS. The topological polar surface area (TPSA) is 75.9 Å². The highest BCUT2D eigenvalue weighted by Gasteiger charge is 2.25. The highest BCUT2D eigenvalue weighted by molar-refractivity contribution is 7.19. The molecule has 5 rings (SSSR count). The molecule has 152 valence electrons. The first-order valence-electron chi connectivity index (χ1n) is 10.1. The standard InChI is InChI=1S/C22H22N6OS/c29-22(24-18-5-7-19(8-6-18)28-15-23-25-26-28)16-9-11-27(12-10-16)14-20-13-17-3-1-2-4-21(17)30-20/h1-8,13,15-16H,9-12,14H2,(H,24,29). The number of piperidine rings is 1. The highest BCUT2D eigenvalue weighted by atomic mass is 32.1. The van der Waals surface area contributed by atoms with Crippen molar-refractivity contribution in [3.8, 4) is 5.69 Å². The predicted octanol–water partition coefficient (Wildman–Crippen LogP) is 3.73. The van der Waals surface area contributed by atoms with E-state index in [2.05, 4.69) is 56.1 Å². The van der Waals surface area contributed by atoms with Gasteiger partial charge >= 0.3 is 0 Å². The van der Waals surface area contributed by atoms with Crippen molar-refractivity contribution in [3.63, 3.8) is 0 Å². The lowest BCUT2D eigenvalue weighted by Gasteiger charge is -2.30. The Bertz CT molecular complexity index is 1100. The molecule has 0 saturated carbocycles. The van der Waals surface area contributed by atoms with Crippen LogP contribution in [-0.2, 0) is 11.3 Å². The number of nitrogens with one attached hydrogen (secondary N) is 1. The van der Waals surface area contributed by atoms with Gasteiger partial charge in [-0.1, -0.05) is 18.2 Å². The molecule has 8 heteroatoms. The van der Waals surface area contributed by atoms with Crippen LogP contribution in [-0.4, -0.2) is 44.1 Å². The number of carbonyl (C=O) groups is 1. The van der Waals surface area contributed by atoms with Crippen LogP contribution in [0.3, 0.4) is 0 Å². The molecule has 2 aromatic heterocycles. The largest absolute Gasteiger partial charge is 0.326 e. The van der Waals surface area contributed by atoms with Crippen LogP contribution in [0.4, 0.5) is 5.69 Å². The van der Waals surface area contributed by atoms with Gasteiger partial charge < -0.3 is 5.32 Å². The van der Waals surface area contributed by atoms with E-state index in [1.165, 1.54) is 15.0 Å². The first-order chi connectivity index (χ1) is 14.7. The Morgan fingerprint density at radius 3 is 2.63 bits per heavy atom. The number of fused-ring (bicyclic) bond motifs is 1. The molecule has 1 amide bonds. The number of hydrogen-bond donors (Lipinski definition) is 1. The molecular weight excluding hydrogens is 396 g/mol. The zero-order valence-electron chi connectivity index (χ0n) is 16.4. The fourth-order valence-corrected chi connectivity index (χ4v) is 5.02. The number of likely N-dealkylation sites (tertiary alicyclic amines) is 1. The van der Waals surface area contributed by atoms with Crippen molar-refractivity contribution < 1.29 is 4.79 Å². The smallest absolute Gasteiger partial charge is 0.227 e. The number of thiophene rings is 1. The predicted molar refractivity (Wildman–Crippen MR) is 118 cm³/mol. The summed E-state index contributed by atoms with van der Waals surface area (Å²) < 4.78 is 2.92. The maximum atomic E-state index is 12.7. The van der Waals surface area contributed by atoms with E-state index >= 15 is 0 Å². The number of rotatable bonds is 5. The summed E-state index contributed by atoms with van der Waals surface area (Å²) in [6.45, 7) is 2.86. The zero-order valence-corrected chi connectivity index (χ0v) is 17.3. The van der Waals surface area contributed by atoms with Crippen LogP contribution in [0.1, 0.15) is 17.7 Å². The molecule has 0 spiro atoms. The first-order valence-corrected chi connectivity index (χ1v) is 10.9. The Morgan fingerprint density at radius 2 is 1.90 bits per heavy atom. The van der Waals surface area contributed by atoms with Crippen molar-refractivity contribution in [2.45, 2.75) is 19.4 Å². The van der Waals surface area contributed by atoms with E-state index in [0.717, 1.165) is 43.9 Å². The molecule has 1 N–H and O–H groups in total. The van der Waals surface area contributed by atoms with Crippen molar-refractivity contribution in [3.05, 3.63) is 65.8 Å². The second kappa shape index (κ2) is 8.33.